The second-order valence-corrected chi connectivity index (χ2v) is 4.93. The molecular weight excluding hydrogens is 256 g/mol. The quantitative estimate of drug-likeness (QED) is 0.781. The van der Waals surface area contributed by atoms with E-state index in [9.17, 15) is 4.79 Å². The van der Waals surface area contributed by atoms with Crippen LogP contribution in [0.25, 0.3) is 0 Å². The number of hydrogen-bond acceptors (Lipinski definition) is 3. The van der Waals surface area contributed by atoms with Crippen molar-refractivity contribution in [3.8, 4) is 5.75 Å². The van der Waals surface area contributed by atoms with E-state index in [0.717, 1.165) is 25.2 Å². The molecule has 110 valence electrons. The van der Waals surface area contributed by atoms with Crippen LogP contribution in [-0.2, 0) is 4.74 Å². The summed E-state index contributed by atoms with van der Waals surface area (Å²) in [6, 6.07) is 7.67. The van der Waals surface area contributed by atoms with Gasteiger partial charge in [-0.25, -0.2) is 4.79 Å². The summed E-state index contributed by atoms with van der Waals surface area (Å²) in [7, 11) is 0. The summed E-state index contributed by atoms with van der Waals surface area (Å²) in [6.45, 7) is 4.34. The Hall–Kier alpha value is -1.75. The molecule has 1 saturated heterocycles. The van der Waals surface area contributed by atoms with Gasteiger partial charge in [-0.3, -0.25) is 0 Å². The van der Waals surface area contributed by atoms with Gasteiger partial charge in [-0.05, 0) is 31.9 Å². The van der Waals surface area contributed by atoms with Gasteiger partial charge in [0.1, 0.15) is 12.4 Å². The molecular formula is C15H22N2O3. The molecule has 0 radical (unpaired) electrons. The molecule has 1 atom stereocenters. The van der Waals surface area contributed by atoms with Crippen LogP contribution in [0.5, 0.6) is 5.75 Å². The summed E-state index contributed by atoms with van der Waals surface area (Å²) in [4.78, 5) is 11.5. The van der Waals surface area contributed by atoms with Crippen molar-refractivity contribution in [2.24, 2.45) is 0 Å². The zero-order valence-corrected chi connectivity index (χ0v) is 11.9. The molecule has 5 nitrogen and oxygen atoms in total. The maximum Gasteiger partial charge on any atom is 0.315 e. The predicted molar refractivity (Wildman–Crippen MR) is 77.0 cm³/mol. The van der Waals surface area contributed by atoms with Gasteiger partial charge in [0.25, 0.3) is 0 Å². The first-order valence-electron chi connectivity index (χ1n) is 7.07. The van der Waals surface area contributed by atoms with Gasteiger partial charge < -0.3 is 20.1 Å². The Morgan fingerprint density at radius 3 is 2.85 bits per heavy atom. The number of carbonyl (C=O) groups excluding carboxylic acids is 1. The molecule has 2 amide bonds. The number of hydrogen-bond donors (Lipinski definition) is 2. The fraction of sp³-hybridized carbons (Fsp3) is 0.533. The van der Waals surface area contributed by atoms with Crippen LogP contribution < -0.4 is 15.4 Å². The van der Waals surface area contributed by atoms with Crippen molar-refractivity contribution >= 4 is 6.03 Å². The standard InChI is InChI=1S/C15H22N2O3/c1-12-4-6-13(7-5-12)20-10-8-16-15(18)17-11-14-3-2-9-19-14/h4-7,14H,2-3,8-11H2,1H3,(H2,16,17,18). The molecule has 1 aromatic carbocycles. The zero-order chi connectivity index (χ0) is 14.2. The van der Waals surface area contributed by atoms with Gasteiger partial charge in [-0.2, -0.15) is 0 Å². The maximum atomic E-state index is 11.5. The van der Waals surface area contributed by atoms with Crippen LogP contribution in [0, 0.1) is 6.92 Å². The average Bonchev–Trinajstić information content (AvgIpc) is 2.96. The highest BCUT2D eigenvalue weighted by Gasteiger charge is 2.15. The fourth-order valence-electron chi connectivity index (χ4n) is 2.04. The Bertz CT molecular complexity index is 414. The van der Waals surface area contributed by atoms with E-state index in [4.69, 9.17) is 9.47 Å². The third-order valence-electron chi connectivity index (χ3n) is 3.19. The van der Waals surface area contributed by atoms with E-state index in [1.807, 2.05) is 31.2 Å². The van der Waals surface area contributed by atoms with Gasteiger partial charge in [-0.15, -0.1) is 0 Å². The molecule has 0 aliphatic carbocycles. The summed E-state index contributed by atoms with van der Waals surface area (Å²) in [6.07, 6.45) is 2.28. The Morgan fingerprint density at radius 2 is 2.15 bits per heavy atom. The van der Waals surface area contributed by atoms with Crippen molar-refractivity contribution in [1.29, 1.82) is 0 Å². The first kappa shape index (κ1) is 14.7. The first-order chi connectivity index (χ1) is 9.74. The number of benzene rings is 1. The van der Waals surface area contributed by atoms with Crippen LogP contribution >= 0.6 is 0 Å². The minimum atomic E-state index is -0.173. The van der Waals surface area contributed by atoms with Crippen LogP contribution in [0.3, 0.4) is 0 Å². The minimum absolute atomic E-state index is 0.171. The van der Waals surface area contributed by atoms with Crippen molar-refractivity contribution in [3.05, 3.63) is 29.8 Å². The SMILES string of the molecule is Cc1ccc(OCCNC(=O)NCC2CCCO2)cc1. The molecule has 2 N–H and O–H groups in total. The molecule has 0 saturated carbocycles. The predicted octanol–water partition coefficient (Wildman–Crippen LogP) is 1.85. The van der Waals surface area contributed by atoms with Gasteiger partial charge >= 0.3 is 6.03 Å². The lowest BCUT2D eigenvalue weighted by molar-refractivity contribution is 0.111. The normalized spacial score (nSPS) is 17.8. The average molecular weight is 278 g/mol. The second kappa shape index (κ2) is 7.75. The van der Waals surface area contributed by atoms with Gasteiger partial charge in [0.15, 0.2) is 0 Å². The monoisotopic (exact) mass is 278 g/mol. The molecule has 1 aliphatic heterocycles. The molecule has 1 unspecified atom stereocenters. The smallest absolute Gasteiger partial charge is 0.315 e. The van der Waals surface area contributed by atoms with Crippen LogP contribution in [0.4, 0.5) is 4.79 Å². The molecule has 1 aromatic rings. The number of amides is 2. The molecule has 0 aromatic heterocycles. The number of ether oxygens (including phenoxy) is 2. The first-order valence-corrected chi connectivity index (χ1v) is 7.07. The molecule has 1 aliphatic rings. The maximum absolute atomic E-state index is 11.5. The zero-order valence-electron chi connectivity index (χ0n) is 11.9. The van der Waals surface area contributed by atoms with E-state index < -0.39 is 0 Å². The highest BCUT2D eigenvalue weighted by Crippen LogP contribution is 2.11. The van der Waals surface area contributed by atoms with E-state index in [1.165, 1.54) is 5.56 Å². The van der Waals surface area contributed by atoms with Crippen molar-refractivity contribution in [1.82, 2.24) is 10.6 Å². The lowest BCUT2D eigenvalue weighted by Gasteiger charge is -2.12. The van der Waals surface area contributed by atoms with Crippen molar-refractivity contribution in [3.63, 3.8) is 0 Å². The minimum Gasteiger partial charge on any atom is -0.492 e. The molecule has 5 heteroatoms. The Labute approximate surface area is 119 Å². The lowest BCUT2D eigenvalue weighted by atomic mass is 10.2. The molecule has 0 spiro atoms. The Balaban J connectivity index is 1.53. The summed E-state index contributed by atoms with van der Waals surface area (Å²) in [5.74, 6) is 0.817. The third-order valence-corrected chi connectivity index (χ3v) is 3.19. The van der Waals surface area contributed by atoms with Crippen LogP contribution in [0.2, 0.25) is 0 Å². The van der Waals surface area contributed by atoms with E-state index in [1.54, 1.807) is 0 Å². The van der Waals surface area contributed by atoms with Crippen molar-refractivity contribution in [2.75, 3.05) is 26.3 Å². The lowest BCUT2D eigenvalue weighted by Crippen LogP contribution is -2.41. The van der Waals surface area contributed by atoms with Gasteiger partial charge in [-0.1, -0.05) is 17.7 Å². The number of aryl methyl sites for hydroxylation is 1. The number of urea groups is 1. The summed E-state index contributed by atoms with van der Waals surface area (Å²) in [5.41, 5.74) is 1.20. The molecule has 0 bridgehead atoms. The molecule has 20 heavy (non-hydrogen) atoms. The van der Waals surface area contributed by atoms with E-state index in [2.05, 4.69) is 10.6 Å². The van der Waals surface area contributed by atoms with Gasteiger partial charge in [0.05, 0.1) is 12.6 Å². The second-order valence-electron chi connectivity index (χ2n) is 4.93. The summed E-state index contributed by atoms with van der Waals surface area (Å²) < 4.78 is 11.0. The highest BCUT2D eigenvalue weighted by molar-refractivity contribution is 5.73. The van der Waals surface area contributed by atoms with E-state index in [0.29, 0.717) is 19.7 Å². The number of nitrogens with one attached hydrogen (secondary N) is 2. The highest BCUT2D eigenvalue weighted by atomic mass is 16.5. The van der Waals surface area contributed by atoms with Crippen LogP contribution in [0.1, 0.15) is 18.4 Å². The number of rotatable bonds is 6. The van der Waals surface area contributed by atoms with Crippen LogP contribution in [-0.4, -0.2) is 38.4 Å². The Kier molecular flexibility index (Phi) is 5.68. The number of carbonyl (C=O) groups is 1. The van der Waals surface area contributed by atoms with Gasteiger partial charge in [0, 0.05) is 13.2 Å². The van der Waals surface area contributed by atoms with Crippen molar-refractivity contribution < 1.29 is 14.3 Å². The molecule has 1 heterocycles. The summed E-state index contributed by atoms with van der Waals surface area (Å²) >= 11 is 0. The van der Waals surface area contributed by atoms with Crippen molar-refractivity contribution in [2.45, 2.75) is 25.9 Å². The largest absolute Gasteiger partial charge is 0.492 e. The molecule has 1 fully saturated rings. The third kappa shape index (κ3) is 5.09. The summed E-state index contributed by atoms with van der Waals surface area (Å²) in [5, 5.41) is 5.56. The topological polar surface area (TPSA) is 59.6 Å². The Morgan fingerprint density at radius 1 is 1.35 bits per heavy atom. The fourth-order valence-corrected chi connectivity index (χ4v) is 2.04. The van der Waals surface area contributed by atoms with Crippen LogP contribution in [0.15, 0.2) is 24.3 Å². The van der Waals surface area contributed by atoms with E-state index >= 15 is 0 Å². The van der Waals surface area contributed by atoms with E-state index in [-0.39, 0.29) is 12.1 Å². The van der Waals surface area contributed by atoms with Gasteiger partial charge in [0.2, 0.25) is 0 Å². The molecule has 2 rings (SSSR count).